The smallest absolute Gasteiger partial charge is 0.411 e. The van der Waals surface area contributed by atoms with Gasteiger partial charge in [0.2, 0.25) is 5.76 Å². The molecule has 0 spiro atoms. The summed E-state index contributed by atoms with van der Waals surface area (Å²) in [5.74, 6) is -0.835. The van der Waals surface area contributed by atoms with E-state index < -0.39 is 30.9 Å². The van der Waals surface area contributed by atoms with E-state index in [9.17, 15) is 14.7 Å². The molecule has 1 amide bonds. The summed E-state index contributed by atoms with van der Waals surface area (Å²) < 4.78 is 22.1. The lowest BCUT2D eigenvalue weighted by Gasteiger charge is -2.20. The number of hydrogen-bond acceptors (Lipinski definition) is 7. The van der Waals surface area contributed by atoms with Crippen LogP contribution in [0.3, 0.4) is 0 Å². The number of para-hydroxylation sites is 1. The van der Waals surface area contributed by atoms with Gasteiger partial charge in [-0.2, -0.15) is 0 Å². The van der Waals surface area contributed by atoms with E-state index in [0.29, 0.717) is 5.69 Å². The van der Waals surface area contributed by atoms with Gasteiger partial charge in [0.25, 0.3) is 0 Å². The number of ether oxygens (including phenoxy) is 4. The molecule has 0 saturated heterocycles. The summed E-state index contributed by atoms with van der Waals surface area (Å²) in [7, 11) is 0. The van der Waals surface area contributed by atoms with E-state index in [-0.39, 0.29) is 24.7 Å². The van der Waals surface area contributed by atoms with E-state index in [0.717, 1.165) is 11.1 Å². The maximum atomic E-state index is 12.6. The number of carbonyl (C=O) groups excluding carboxylic acids is 2. The van der Waals surface area contributed by atoms with Gasteiger partial charge in [0.05, 0.1) is 0 Å². The minimum Gasteiger partial charge on any atom is -0.485 e. The zero-order valence-corrected chi connectivity index (χ0v) is 18.8. The second-order valence-corrected chi connectivity index (χ2v) is 7.72. The van der Waals surface area contributed by atoms with Crippen LogP contribution in [0.4, 0.5) is 10.5 Å². The highest BCUT2D eigenvalue weighted by Gasteiger charge is 2.42. The molecule has 8 nitrogen and oxygen atoms in total. The number of rotatable bonds is 10. The molecular formula is C27H25NO7. The zero-order chi connectivity index (χ0) is 24.5. The summed E-state index contributed by atoms with van der Waals surface area (Å²) in [4.78, 5) is 24.7. The van der Waals surface area contributed by atoms with Gasteiger partial charge >= 0.3 is 12.1 Å². The first-order valence-corrected chi connectivity index (χ1v) is 11.1. The van der Waals surface area contributed by atoms with Crippen LogP contribution in [0.25, 0.3) is 0 Å². The van der Waals surface area contributed by atoms with Gasteiger partial charge in [-0.15, -0.1) is 0 Å². The lowest BCUT2D eigenvalue weighted by molar-refractivity contribution is -0.148. The standard InChI is InChI=1S/C27H25NO7/c29-22(18-34-27(31)28-21-14-8-3-9-15-21)23-24(32-16-19-10-4-1-5-11-19)25(26(30)35-23)33-17-20-12-6-2-7-13-20/h1-15,22-23,29H,16-18H2,(H,28,31)/t22-,23+/m0/s1. The molecule has 1 aliphatic rings. The summed E-state index contributed by atoms with van der Waals surface area (Å²) in [6.07, 6.45) is -3.32. The molecule has 180 valence electrons. The lowest BCUT2D eigenvalue weighted by Crippen LogP contribution is -2.35. The van der Waals surface area contributed by atoms with Gasteiger partial charge in [0.1, 0.15) is 25.9 Å². The molecule has 8 heteroatoms. The van der Waals surface area contributed by atoms with Gasteiger partial charge in [-0.1, -0.05) is 78.9 Å². The van der Waals surface area contributed by atoms with E-state index in [1.54, 1.807) is 24.3 Å². The van der Waals surface area contributed by atoms with Crippen LogP contribution in [0.15, 0.2) is 103 Å². The molecule has 35 heavy (non-hydrogen) atoms. The Kier molecular flexibility index (Phi) is 7.98. The average Bonchev–Trinajstić information content (AvgIpc) is 3.21. The van der Waals surface area contributed by atoms with Crippen LogP contribution in [0.1, 0.15) is 11.1 Å². The molecule has 2 atom stereocenters. The van der Waals surface area contributed by atoms with Gasteiger partial charge in [-0.25, -0.2) is 9.59 Å². The molecule has 3 aromatic rings. The third-order valence-electron chi connectivity index (χ3n) is 5.12. The SMILES string of the molecule is O=C(Nc1ccccc1)OC[C@H](O)[C@H]1OC(=O)C(OCc2ccccc2)=C1OCc1ccccc1. The number of nitrogens with one attached hydrogen (secondary N) is 1. The van der Waals surface area contributed by atoms with Crippen LogP contribution in [0, 0.1) is 0 Å². The predicted molar refractivity (Wildman–Crippen MR) is 127 cm³/mol. The maximum Gasteiger partial charge on any atom is 0.411 e. The molecule has 0 aromatic heterocycles. The number of benzene rings is 3. The fraction of sp³-hybridized carbons (Fsp3) is 0.185. The van der Waals surface area contributed by atoms with Crippen LogP contribution >= 0.6 is 0 Å². The van der Waals surface area contributed by atoms with Gasteiger partial charge in [-0.3, -0.25) is 5.32 Å². The monoisotopic (exact) mass is 475 g/mol. The molecule has 0 saturated carbocycles. The lowest BCUT2D eigenvalue weighted by atomic mass is 10.1. The van der Waals surface area contributed by atoms with E-state index in [2.05, 4.69) is 5.32 Å². The molecule has 0 bridgehead atoms. The topological polar surface area (TPSA) is 103 Å². The number of esters is 1. The largest absolute Gasteiger partial charge is 0.485 e. The highest BCUT2D eigenvalue weighted by Crippen LogP contribution is 2.29. The van der Waals surface area contributed by atoms with Crippen molar-refractivity contribution in [1.29, 1.82) is 0 Å². The Morgan fingerprint density at radius 3 is 2.00 bits per heavy atom. The number of carbonyl (C=O) groups is 2. The van der Waals surface area contributed by atoms with Crippen molar-refractivity contribution < 1.29 is 33.6 Å². The van der Waals surface area contributed by atoms with Gasteiger partial charge in [-0.05, 0) is 23.3 Å². The number of amides is 1. The van der Waals surface area contributed by atoms with Crippen molar-refractivity contribution >= 4 is 17.7 Å². The molecule has 3 aromatic carbocycles. The van der Waals surface area contributed by atoms with Crippen LogP contribution in [0.5, 0.6) is 0 Å². The molecule has 2 N–H and O–H groups in total. The molecule has 4 rings (SSSR count). The van der Waals surface area contributed by atoms with Crippen molar-refractivity contribution in [2.45, 2.75) is 25.4 Å². The third kappa shape index (κ3) is 6.61. The summed E-state index contributed by atoms with van der Waals surface area (Å²) in [6, 6.07) is 27.4. The summed E-state index contributed by atoms with van der Waals surface area (Å²) in [5, 5.41) is 13.3. The van der Waals surface area contributed by atoms with Crippen molar-refractivity contribution in [2.24, 2.45) is 0 Å². The molecule has 1 aliphatic heterocycles. The number of cyclic esters (lactones) is 1. The van der Waals surface area contributed by atoms with E-state index in [1.165, 1.54) is 0 Å². The van der Waals surface area contributed by atoms with E-state index in [4.69, 9.17) is 18.9 Å². The number of hydrogen-bond donors (Lipinski definition) is 2. The van der Waals surface area contributed by atoms with Crippen LogP contribution in [-0.4, -0.2) is 36.0 Å². The summed E-state index contributed by atoms with van der Waals surface area (Å²) >= 11 is 0. The van der Waals surface area contributed by atoms with Gasteiger partial charge < -0.3 is 24.1 Å². The quantitative estimate of drug-likeness (QED) is 0.424. The zero-order valence-electron chi connectivity index (χ0n) is 18.8. The Bertz CT molecular complexity index is 1150. The van der Waals surface area contributed by atoms with E-state index in [1.807, 2.05) is 66.7 Å². The van der Waals surface area contributed by atoms with E-state index >= 15 is 0 Å². The predicted octanol–water partition coefficient (Wildman–Crippen LogP) is 4.17. The van der Waals surface area contributed by atoms with Crippen molar-refractivity contribution in [2.75, 3.05) is 11.9 Å². The minimum atomic E-state index is -1.37. The normalized spacial score (nSPS) is 15.8. The van der Waals surface area contributed by atoms with Crippen LogP contribution < -0.4 is 5.32 Å². The van der Waals surface area contributed by atoms with Crippen LogP contribution in [0.2, 0.25) is 0 Å². The fourth-order valence-electron chi connectivity index (χ4n) is 3.37. The number of aliphatic hydroxyl groups excluding tert-OH is 1. The van der Waals surface area contributed by atoms with Crippen molar-refractivity contribution in [3.8, 4) is 0 Å². The maximum absolute atomic E-state index is 12.6. The number of anilines is 1. The Hall–Kier alpha value is -4.30. The highest BCUT2D eigenvalue weighted by atomic mass is 16.6. The summed E-state index contributed by atoms with van der Waals surface area (Å²) in [6.45, 7) is -0.188. The Morgan fingerprint density at radius 1 is 0.857 bits per heavy atom. The average molecular weight is 475 g/mol. The molecule has 0 radical (unpaired) electrons. The molecular weight excluding hydrogens is 450 g/mol. The Balaban J connectivity index is 1.44. The minimum absolute atomic E-state index is 0.0503. The Morgan fingerprint density at radius 2 is 1.40 bits per heavy atom. The first-order chi connectivity index (χ1) is 17.1. The first-order valence-electron chi connectivity index (χ1n) is 11.1. The molecule has 0 aliphatic carbocycles. The van der Waals surface area contributed by atoms with Crippen molar-refractivity contribution in [3.63, 3.8) is 0 Å². The van der Waals surface area contributed by atoms with Crippen molar-refractivity contribution in [1.82, 2.24) is 0 Å². The second-order valence-electron chi connectivity index (χ2n) is 7.72. The first kappa shape index (κ1) is 23.8. The van der Waals surface area contributed by atoms with Crippen molar-refractivity contribution in [3.05, 3.63) is 114 Å². The van der Waals surface area contributed by atoms with Gasteiger partial charge in [0, 0.05) is 5.69 Å². The fourth-order valence-corrected chi connectivity index (χ4v) is 3.37. The molecule has 0 unspecified atom stereocenters. The third-order valence-corrected chi connectivity index (χ3v) is 5.12. The Labute approximate surface area is 202 Å². The molecule has 0 fully saturated rings. The number of aliphatic hydroxyl groups is 1. The summed E-state index contributed by atoms with van der Waals surface area (Å²) in [5.41, 5.74) is 2.25. The van der Waals surface area contributed by atoms with Crippen LogP contribution in [-0.2, 0) is 37.0 Å². The van der Waals surface area contributed by atoms with Gasteiger partial charge in [0.15, 0.2) is 11.9 Å². The second kappa shape index (κ2) is 11.7. The highest BCUT2D eigenvalue weighted by molar-refractivity contribution is 5.89. The molecule has 1 heterocycles.